The SMILES string of the molecule is COc1ccccc1CNC(=O)[C@@H](C)Sc1ccc(Br)cc1. The molecule has 5 heteroatoms. The third-order valence-corrected chi connectivity index (χ3v) is 4.78. The first-order valence-corrected chi connectivity index (χ1v) is 8.59. The van der Waals surface area contributed by atoms with Crippen LogP contribution >= 0.6 is 27.7 Å². The Balaban J connectivity index is 1.90. The highest BCUT2D eigenvalue weighted by Crippen LogP contribution is 2.25. The fourth-order valence-electron chi connectivity index (χ4n) is 1.95. The van der Waals surface area contributed by atoms with Gasteiger partial charge in [0.05, 0.1) is 12.4 Å². The number of ether oxygens (including phenoxy) is 1. The highest BCUT2D eigenvalue weighted by molar-refractivity contribution is 9.10. The molecule has 0 saturated carbocycles. The maximum Gasteiger partial charge on any atom is 0.233 e. The van der Waals surface area contributed by atoms with E-state index in [0.29, 0.717) is 6.54 Å². The number of methoxy groups -OCH3 is 1. The lowest BCUT2D eigenvalue weighted by Crippen LogP contribution is -2.30. The number of rotatable bonds is 6. The fraction of sp³-hybridized carbons (Fsp3) is 0.235. The Labute approximate surface area is 143 Å². The Bertz CT molecular complexity index is 631. The van der Waals surface area contributed by atoms with Gasteiger partial charge in [0, 0.05) is 21.5 Å². The predicted octanol–water partition coefficient (Wildman–Crippen LogP) is 4.25. The van der Waals surface area contributed by atoms with Gasteiger partial charge in [0.2, 0.25) is 5.91 Å². The molecule has 0 aliphatic carbocycles. The van der Waals surface area contributed by atoms with Gasteiger partial charge >= 0.3 is 0 Å². The summed E-state index contributed by atoms with van der Waals surface area (Å²) in [6, 6.07) is 15.6. The zero-order chi connectivity index (χ0) is 15.9. The third kappa shape index (κ3) is 4.78. The highest BCUT2D eigenvalue weighted by Gasteiger charge is 2.14. The van der Waals surface area contributed by atoms with E-state index in [2.05, 4.69) is 21.2 Å². The summed E-state index contributed by atoms with van der Waals surface area (Å²) in [7, 11) is 1.63. The summed E-state index contributed by atoms with van der Waals surface area (Å²) < 4.78 is 6.32. The summed E-state index contributed by atoms with van der Waals surface area (Å²) in [4.78, 5) is 13.3. The zero-order valence-corrected chi connectivity index (χ0v) is 14.9. The summed E-state index contributed by atoms with van der Waals surface area (Å²) in [5.74, 6) is 0.801. The largest absolute Gasteiger partial charge is 0.496 e. The molecule has 2 rings (SSSR count). The van der Waals surface area contributed by atoms with Crippen LogP contribution in [0.15, 0.2) is 57.9 Å². The van der Waals surface area contributed by atoms with Crippen LogP contribution in [0.25, 0.3) is 0 Å². The first-order chi connectivity index (χ1) is 10.6. The zero-order valence-electron chi connectivity index (χ0n) is 12.5. The van der Waals surface area contributed by atoms with Crippen molar-refractivity contribution in [2.75, 3.05) is 7.11 Å². The Kier molecular flexibility index (Phi) is 6.34. The van der Waals surface area contributed by atoms with Crippen molar-refractivity contribution >= 4 is 33.6 Å². The average Bonchev–Trinajstić information content (AvgIpc) is 2.54. The van der Waals surface area contributed by atoms with E-state index >= 15 is 0 Å². The van der Waals surface area contributed by atoms with Gasteiger partial charge in [-0.25, -0.2) is 0 Å². The van der Waals surface area contributed by atoms with Crippen LogP contribution in [0.3, 0.4) is 0 Å². The number of amides is 1. The van der Waals surface area contributed by atoms with Gasteiger partial charge in [-0.15, -0.1) is 11.8 Å². The van der Waals surface area contributed by atoms with Crippen LogP contribution in [-0.4, -0.2) is 18.3 Å². The molecule has 2 aromatic carbocycles. The molecule has 22 heavy (non-hydrogen) atoms. The average molecular weight is 380 g/mol. The van der Waals surface area contributed by atoms with Crippen LogP contribution < -0.4 is 10.1 Å². The van der Waals surface area contributed by atoms with Crippen molar-refractivity contribution in [3.63, 3.8) is 0 Å². The second-order valence-corrected chi connectivity index (χ2v) is 7.07. The normalized spacial score (nSPS) is 11.8. The van der Waals surface area contributed by atoms with Gasteiger partial charge in [-0.1, -0.05) is 34.1 Å². The minimum absolute atomic E-state index is 0.0128. The summed E-state index contributed by atoms with van der Waals surface area (Å²) >= 11 is 4.95. The Morgan fingerprint density at radius 3 is 2.59 bits per heavy atom. The monoisotopic (exact) mass is 379 g/mol. The van der Waals surface area contributed by atoms with E-state index in [-0.39, 0.29) is 11.2 Å². The number of nitrogens with one attached hydrogen (secondary N) is 1. The van der Waals surface area contributed by atoms with Crippen molar-refractivity contribution in [1.82, 2.24) is 5.32 Å². The van der Waals surface area contributed by atoms with Gasteiger partial charge in [-0.3, -0.25) is 4.79 Å². The summed E-state index contributed by atoms with van der Waals surface area (Å²) in [5.41, 5.74) is 0.971. The molecule has 1 amide bonds. The number of carbonyl (C=O) groups excluding carboxylic acids is 1. The van der Waals surface area contributed by atoms with Gasteiger partial charge in [0.15, 0.2) is 0 Å². The second kappa shape index (κ2) is 8.25. The molecule has 0 bridgehead atoms. The topological polar surface area (TPSA) is 38.3 Å². The Hall–Kier alpha value is -1.46. The van der Waals surface area contributed by atoms with E-state index in [1.54, 1.807) is 18.9 Å². The van der Waals surface area contributed by atoms with Crippen molar-refractivity contribution in [3.05, 3.63) is 58.6 Å². The number of para-hydroxylation sites is 1. The van der Waals surface area contributed by atoms with Crippen molar-refractivity contribution in [3.8, 4) is 5.75 Å². The standard InChI is InChI=1S/C17H18BrNO2S/c1-12(22-15-9-7-14(18)8-10-15)17(20)19-11-13-5-3-4-6-16(13)21-2/h3-10,12H,11H2,1-2H3,(H,19,20)/t12-/m1/s1. The number of hydrogen-bond donors (Lipinski definition) is 1. The molecule has 1 N–H and O–H groups in total. The summed E-state index contributed by atoms with van der Waals surface area (Å²) in [6.45, 7) is 2.37. The molecule has 0 saturated heterocycles. The molecule has 0 spiro atoms. The van der Waals surface area contributed by atoms with E-state index in [4.69, 9.17) is 4.74 Å². The number of halogens is 1. The number of carbonyl (C=O) groups is 1. The van der Waals surface area contributed by atoms with E-state index in [9.17, 15) is 4.79 Å². The van der Waals surface area contributed by atoms with E-state index in [0.717, 1.165) is 20.7 Å². The van der Waals surface area contributed by atoms with E-state index in [1.165, 1.54) is 0 Å². The Morgan fingerprint density at radius 2 is 1.91 bits per heavy atom. The highest BCUT2D eigenvalue weighted by atomic mass is 79.9. The maximum atomic E-state index is 12.2. The second-order valence-electron chi connectivity index (χ2n) is 4.74. The van der Waals surface area contributed by atoms with Gasteiger partial charge in [-0.05, 0) is 37.3 Å². The molecule has 0 aliphatic heterocycles. The van der Waals surface area contributed by atoms with Crippen LogP contribution in [0, 0.1) is 0 Å². The maximum absolute atomic E-state index is 12.2. The molecular formula is C17H18BrNO2S. The van der Waals surface area contributed by atoms with Crippen molar-refractivity contribution in [2.24, 2.45) is 0 Å². The predicted molar refractivity (Wildman–Crippen MR) is 94.3 cm³/mol. The van der Waals surface area contributed by atoms with Gasteiger partial charge in [0.25, 0.3) is 0 Å². The van der Waals surface area contributed by atoms with Crippen molar-refractivity contribution in [2.45, 2.75) is 23.6 Å². The molecule has 0 aromatic heterocycles. The van der Waals surface area contributed by atoms with Crippen LogP contribution in [0.1, 0.15) is 12.5 Å². The fourth-order valence-corrected chi connectivity index (χ4v) is 3.10. The van der Waals surface area contributed by atoms with E-state index in [1.807, 2.05) is 55.5 Å². The molecule has 1 atom stereocenters. The minimum atomic E-state index is -0.157. The first-order valence-electron chi connectivity index (χ1n) is 6.92. The summed E-state index contributed by atoms with van der Waals surface area (Å²) in [6.07, 6.45) is 0. The number of benzene rings is 2. The lowest BCUT2D eigenvalue weighted by molar-refractivity contribution is -0.120. The molecule has 0 fully saturated rings. The lowest BCUT2D eigenvalue weighted by Gasteiger charge is -2.13. The van der Waals surface area contributed by atoms with Crippen LogP contribution in [0.5, 0.6) is 5.75 Å². The molecule has 0 unspecified atom stereocenters. The van der Waals surface area contributed by atoms with Gasteiger partial charge in [-0.2, -0.15) is 0 Å². The van der Waals surface area contributed by atoms with Gasteiger partial charge in [0.1, 0.15) is 5.75 Å². The molecule has 3 nitrogen and oxygen atoms in total. The van der Waals surface area contributed by atoms with Crippen LogP contribution in [0.4, 0.5) is 0 Å². The Morgan fingerprint density at radius 1 is 1.23 bits per heavy atom. The quantitative estimate of drug-likeness (QED) is 0.762. The first kappa shape index (κ1) is 16.9. The molecule has 0 heterocycles. The smallest absolute Gasteiger partial charge is 0.233 e. The minimum Gasteiger partial charge on any atom is -0.496 e. The number of thioether (sulfide) groups is 1. The number of hydrogen-bond acceptors (Lipinski definition) is 3. The van der Waals surface area contributed by atoms with Crippen molar-refractivity contribution in [1.29, 1.82) is 0 Å². The summed E-state index contributed by atoms with van der Waals surface area (Å²) in [5, 5.41) is 2.80. The molecule has 116 valence electrons. The molecular weight excluding hydrogens is 362 g/mol. The molecule has 0 aliphatic rings. The van der Waals surface area contributed by atoms with Crippen molar-refractivity contribution < 1.29 is 9.53 Å². The third-order valence-electron chi connectivity index (χ3n) is 3.14. The van der Waals surface area contributed by atoms with Crippen LogP contribution in [0.2, 0.25) is 0 Å². The van der Waals surface area contributed by atoms with Gasteiger partial charge < -0.3 is 10.1 Å². The lowest BCUT2D eigenvalue weighted by atomic mass is 10.2. The van der Waals surface area contributed by atoms with Crippen LogP contribution in [-0.2, 0) is 11.3 Å². The molecule has 2 aromatic rings. The molecule has 0 radical (unpaired) electrons. The van der Waals surface area contributed by atoms with E-state index < -0.39 is 0 Å².